The second kappa shape index (κ2) is 3.03. The second-order valence-corrected chi connectivity index (χ2v) is 2.39. The van der Waals surface area contributed by atoms with E-state index in [1.54, 1.807) is 10.8 Å². The molecule has 1 N–H and O–H groups in total. The van der Waals surface area contributed by atoms with Crippen molar-refractivity contribution >= 4 is 11.6 Å². The minimum Gasteiger partial charge on any atom is -0.396 e. The van der Waals surface area contributed by atoms with Crippen LogP contribution >= 0.6 is 11.6 Å². The maximum absolute atomic E-state index is 8.57. The summed E-state index contributed by atoms with van der Waals surface area (Å²) in [4.78, 5) is 3.85. The number of hydrogen-bond donors (Lipinski definition) is 1. The van der Waals surface area contributed by atoms with Gasteiger partial charge in [-0.15, -0.1) is 0 Å². The zero-order valence-electron chi connectivity index (χ0n) is 5.71. The van der Waals surface area contributed by atoms with Crippen molar-refractivity contribution in [3.05, 3.63) is 17.2 Å². The molecule has 0 radical (unpaired) electrons. The Labute approximate surface area is 64.3 Å². The lowest BCUT2D eigenvalue weighted by atomic mass is 10.3. The van der Waals surface area contributed by atoms with Crippen molar-refractivity contribution in [2.24, 2.45) is 7.05 Å². The van der Waals surface area contributed by atoms with Crippen LogP contribution in [-0.2, 0) is 13.5 Å². The minimum absolute atomic E-state index is 0.135. The predicted octanol–water partition coefficient (Wildman–Crippen LogP) is 0.608. The average molecular weight is 161 g/mol. The van der Waals surface area contributed by atoms with Crippen LogP contribution in [0.15, 0.2) is 6.20 Å². The van der Waals surface area contributed by atoms with Gasteiger partial charge in [0.25, 0.3) is 0 Å². The first-order chi connectivity index (χ1) is 4.75. The molecule has 0 saturated heterocycles. The molecule has 0 aliphatic heterocycles. The SMILES string of the molecule is Cn1c(CCO)cnc1Cl. The summed E-state index contributed by atoms with van der Waals surface area (Å²) in [7, 11) is 1.82. The van der Waals surface area contributed by atoms with Gasteiger partial charge in [0.2, 0.25) is 5.28 Å². The summed E-state index contributed by atoms with van der Waals surface area (Å²) < 4.78 is 1.75. The predicted molar refractivity (Wildman–Crippen MR) is 39.0 cm³/mol. The van der Waals surface area contributed by atoms with E-state index < -0.39 is 0 Å². The second-order valence-electron chi connectivity index (χ2n) is 2.05. The van der Waals surface area contributed by atoms with Gasteiger partial charge in [0.15, 0.2) is 0 Å². The Hall–Kier alpha value is -0.540. The van der Waals surface area contributed by atoms with Crippen LogP contribution in [-0.4, -0.2) is 21.3 Å². The molecule has 1 aromatic rings. The molecule has 0 aliphatic carbocycles. The van der Waals surface area contributed by atoms with Crippen molar-refractivity contribution in [2.75, 3.05) is 6.61 Å². The quantitative estimate of drug-likeness (QED) is 0.689. The lowest BCUT2D eigenvalue weighted by molar-refractivity contribution is 0.297. The number of aliphatic hydroxyl groups excluding tert-OH is 1. The largest absolute Gasteiger partial charge is 0.396 e. The fraction of sp³-hybridized carbons (Fsp3) is 0.500. The third-order valence-corrected chi connectivity index (χ3v) is 1.75. The van der Waals surface area contributed by atoms with Crippen molar-refractivity contribution < 1.29 is 5.11 Å². The molecule has 4 heteroatoms. The van der Waals surface area contributed by atoms with Crippen molar-refractivity contribution in [3.8, 4) is 0 Å². The van der Waals surface area contributed by atoms with Crippen LogP contribution in [0.5, 0.6) is 0 Å². The number of hydrogen-bond acceptors (Lipinski definition) is 2. The summed E-state index contributed by atoms with van der Waals surface area (Å²) in [5.41, 5.74) is 0.951. The lowest BCUT2D eigenvalue weighted by Crippen LogP contribution is -1.98. The maximum atomic E-state index is 8.57. The molecular weight excluding hydrogens is 152 g/mol. The molecule has 0 saturated carbocycles. The Kier molecular flexibility index (Phi) is 2.29. The fourth-order valence-corrected chi connectivity index (χ4v) is 0.924. The van der Waals surface area contributed by atoms with E-state index in [1.165, 1.54) is 0 Å². The Bertz CT molecular complexity index is 222. The Morgan fingerprint density at radius 1 is 1.80 bits per heavy atom. The van der Waals surface area contributed by atoms with Crippen molar-refractivity contribution in [3.63, 3.8) is 0 Å². The number of rotatable bonds is 2. The minimum atomic E-state index is 0.135. The Morgan fingerprint density at radius 3 is 2.90 bits per heavy atom. The van der Waals surface area contributed by atoms with Gasteiger partial charge in [0, 0.05) is 32.0 Å². The van der Waals surface area contributed by atoms with Gasteiger partial charge in [-0.25, -0.2) is 4.98 Å². The number of imidazole rings is 1. The number of aromatic nitrogens is 2. The van der Waals surface area contributed by atoms with Gasteiger partial charge >= 0.3 is 0 Å². The summed E-state index contributed by atoms with van der Waals surface area (Å²) in [5.74, 6) is 0. The van der Waals surface area contributed by atoms with E-state index in [1.807, 2.05) is 7.05 Å². The van der Waals surface area contributed by atoms with Crippen LogP contribution in [0.25, 0.3) is 0 Å². The summed E-state index contributed by atoms with van der Waals surface area (Å²) in [5, 5.41) is 9.03. The number of nitrogens with zero attached hydrogens (tertiary/aromatic N) is 2. The maximum Gasteiger partial charge on any atom is 0.202 e. The third-order valence-electron chi connectivity index (χ3n) is 1.40. The van der Waals surface area contributed by atoms with Gasteiger partial charge < -0.3 is 9.67 Å². The van der Waals surface area contributed by atoms with Gasteiger partial charge in [0.1, 0.15) is 0 Å². The van der Waals surface area contributed by atoms with Gasteiger partial charge in [-0.3, -0.25) is 0 Å². The van der Waals surface area contributed by atoms with E-state index in [2.05, 4.69) is 4.98 Å². The van der Waals surface area contributed by atoms with E-state index in [0.717, 1.165) is 5.69 Å². The fourth-order valence-electron chi connectivity index (χ4n) is 0.766. The van der Waals surface area contributed by atoms with Crippen LogP contribution < -0.4 is 0 Å². The van der Waals surface area contributed by atoms with Crippen molar-refractivity contribution in [2.45, 2.75) is 6.42 Å². The van der Waals surface area contributed by atoms with Crippen LogP contribution in [0.2, 0.25) is 5.28 Å². The molecule has 0 aromatic carbocycles. The Balaban J connectivity index is 2.83. The van der Waals surface area contributed by atoms with Crippen LogP contribution in [0.3, 0.4) is 0 Å². The molecular formula is C6H9ClN2O. The van der Waals surface area contributed by atoms with E-state index in [-0.39, 0.29) is 6.61 Å². The van der Waals surface area contributed by atoms with Crippen molar-refractivity contribution in [1.82, 2.24) is 9.55 Å². The Morgan fingerprint density at radius 2 is 2.50 bits per heavy atom. The first-order valence-corrected chi connectivity index (χ1v) is 3.40. The highest BCUT2D eigenvalue weighted by molar-refractivity contribution is 6.28. The highest BCUT2D eigenvalue weighted by atomic mass is 35.5. The molecule has 3 nitrogen and oxygen atoms in total. The van der Waals surface area contributed by atoms with Crippen LogP contribution in [0, 0.1) is 0 Å². The standard InChI is InChI=1S/C6H9ClN2O/c1-9-5(2-3-10)4-8-6(9)7/h4,10H,2-3H2,1H3. The molecule has 0 aliphatic rings. The van der Waals surface area contributed by atoms with E-state index in [0.29, 0.717) is 11.7 Å². The summed E-state index contributed by atoms with van der Waals surface area (Å²) in [6.45, 7) is 0.135. The smallest absolute Gasteiger partial charge is 0.202 e. The van der Waals surface area contributed by atoms with Crippen LogP contribution in [0.4, 0.5) is 0 Å². The number of halogens is 1. The molecule has 0 fully saturated rings. The molecule has 0 unspecified atom stereocenters. The average Bonchev–Trinajstić information content (AvgIpc) is 2.20. The topological polar surface area (TPSA) is 38.0 Å². The van der Waals surface area contributed by atoms with Gasteiger partial charge in [-0.2, -0.15) is 0 Å². The van der Waals surface area contributed by atoms with Gasteiger partial charge in [0.05, 0.1) is 0 Å². The summed E-state index contributed by atoms with van der Waals surface area (Å²) in [6, 6.07) is 0. The molecule has 0 amide bonds. The van der Waals surface area contributed by atoms with E-state index in [9.17, 15) is 0 Å². The normalized spacial score (nSPS) is 10.3. The van der Waals surface area contributed by atoms with Gasteiger partial charge in [-0.1, -0.05) is 0 Å². The van der Waals surface area contributed by atoms with Gasteiger partial charge in [-0.05, 0) is 11.6 Å². The van der Waals surface area contributed by atoms with E-state index in [4.69, 9.17) is 16.7 Å². The molecule has 0 bridgehead atoms. The third kappa shape index (κ3) is 1.30. The number of aliphatic hydroxyl groups is 1. The van der Waals surface area contributed by atoms with Crippen molar-refractivity contribution in [1.29, 1.82) is 0 Å². The molecule has 0 spiro atoms. The van der Waals surface area contributed by atoms with Crippen LogP contribution in [0.1, 0.15) is 5.69 Å². The molecule has 0 atom stereocenters. The first kappa shape index (κ1) is 7.57. The molecule has 1 rings (SSSR count). The highest BCUT2D eigenvalue weighted by Crippen LogP contribution is 2.07. The molecule has 1 heterocycles. The zero-order valence-corrected chi connectivity index (χ0v) is 6.47. The lowest BCUT2D eigenvalue weighted by Gasteiger charge is -1.98. The molecule has 56 valence electrons. The van der Waals surface area contributed by atoms with E-state index >= 15 is 0 Å². The molecule has 1 aromatic heterocycles. The molecule has 10 heavy (non-hydrogen) atoms. The summed E-state index contributed by atoms with van der Waals surface area (Å²) >= 11 is 5.64. The monoisotopic (exact) mass is 160 g/mol. The summed E-state index contributed by atoms with van der Waals surface area (Å²) in [6.07, 6.45) is 2.27. The zero-order chi connectivity index (χ0) is 7.56. The highest BCUT2D eigenvalue weighted by Gasteiger charge is 2.01. The first-order valence-electron chi connectivity index (χ1n) is 3.02.